The Balaban J connectivity index is 3.24. The molecule has 0 aliphatic carbocycles. The Bertz CT molecular complexity index is 390. The summed E-state index contributed by atoms with van der Waals surface area (Å²) in [5.74, 6) is -2.32. The van der Waals surface area contributed by atoms with Gasteiger partial charge in [0.05, 0.1) is 0 Å². The molecule has 4 nitrogen and oxygen atoms in total. The van der Waals surface area contributed by atoms with E-state index in [9.17, 15) is 18.3 Å². The lowest BCUT2D eigenvalue weighted by Crippen LogP contribution is -2.18. The molecule has 1 aromatic carbocycles. The topological polar surface area (TPSA) is 75.7 Å². The van der Waals surface area contributed by atoms with Crippen LogP contribution in [-0.4, -0.2) is 16.6 Å². The van der Waals surface area contributed by atoms with E-state index in [0.717, 1.165) is 6.07 Å². The number of phenols is 2. The van der Waals surface area contributed by atoms with E-state index in [4.69, 9.17) is 10.8 Å². The molecule has 0 atom stereocenters. The number of nitrogens with two attached hydrogens (primary N) is 1. The van der Waals surface area contributed by atoms with E-state index in [1.54, 1.807) is 0 Å². The normalized spacial score (nSPS) is 11.5. The number of anilines is 1. The number of aromatic hydroxyl groups is 2. The molecule has 15 heavy (non-hydrogen) atoms. The number of hydrogen-bond donors (Lipinski definition) is 3. The highest BCUT2D eigenvalue weighted by Crippen LogP contribution is 2.43. The first kappa shape index (κ1) is 11.3. The second-order valence-electron chi connectivity index (χ2n) is 2.85. The molecule has 0 radical (unpaired) electrons. The highest BCUT2D eigenvalue weighted by Gasteiger charge is 2.34. The number of phenolic OH excluding ortho intramolecular Hbond substituents is 2. The van der Waals surface area contributed by atoms with E-state index in [0.29, 0.717) is 0 Å². The fraction of sp³-hybridized carbons (Fsp3) is 0.250. The highest BCUT2D eigenvalue weighted by atomic mass is 19.4. The molecule has 0 heterocycles. The molecule has 1 rings (SSSR count). The molecule has 0 saturated heterocycles. The predicted molar refractivity (Wildman–Crippen MR) is 45.6 cm³/mol. The van der Waals surface area contributed by atoms with Crippen LogP contribution in [0.5, 0.6) is 17.2 Å². The van der Waals surface area contributed by atoms with Gasteiger partial charge in [0.2, 0.25) is 0 Å². The molecular weight excluding hydrogens is 215 g/mol. The maximum absolute atomic E-state index is 11.9. The molecule has 0 bridgehead atoms. The van der Waals surface area contributed by atoms with Crippen molar-refractivity contribution < 1.29 is 28.1 Å². The number of alkyl halides is 3. The molecule has 84 valence electrons. The van der Waals surface area contributed by atoms with Crippen LogP contribution in [0.1, 0.15) is 5.56 Å². The average Bonchev–Trinajstić information content (AvgIpc) is 2.07. The van der Waals surface area contributed by atoms with Crippen molar-refractivity contribution in [3.8, 4) is 17.2 Å². The lowest BCUT2D eigenvalue weighted by Gasteiger charge is -2.14. The molecule has 0 aliphatic rings. The molecule has 1 aromatic rings. The molecular formula is C8H8F3NO3. The van der Waals surface area contributed by atoms with Gasteiger partial charge in [-0.2, -0.15) is 0 Å². The van der Waals surface area contributed by atoms with E-state index in [1.807, 2.05) is 0 Å². The number of nitrogen functional groups attached to an aromatic ring is 1. The number of rotatable bonds is 1. The van der Waals surface area contributed by atoms with Gasteiger partial charge < -0.3 is 20.7 Å². The largest absolute Gasteiger partial charge is 0.573 e. The Morgan fingerprint density at radius 1 is 1.33 bits per heavy atom. The van der Waals surface area contributed by atoms with Crippen LogP contribution in [0.25, 0.3) is 0 Å². The second-order valence-corrected chi connectivity index (χ2v) is 2.85. The summed E-state index contributed by atoms with van der Waals surface area (Å²) in [5, 5.41) is 18.4. The van der Waals surface area contributed by atoms with Crippen molar-refractivity contribution in [1.82, 2.24) is 0 Å². The molecule has 0 aromatic heterocycles. The summed E-state index contributed by atoms with van der Waals surface area (Å²) in [5.41, 5.74) is 4.66. The van der Waals surface area contributed by atoms with Crippen molar-refractivity contribution in [3.63, 3.8) is 0 Å². The fourth-order valence-corrected chi connectivity index (χ4v) is 1.02. The van der Waals surface area contributed by atoms with Crippen molar-refractivity contribution in [2.75, 3.05) is 5.73 Å². The van der Waals surface area contributed by atoms with E-state index in [-0.39, 0.29) is 5.56 Å². The molecule has 7 heteroatoms. The molecule has 0 spiro atoms. The van der Waals surface area contributed by atoms with E-state index in [1.165, 1.54) is 6.92 Å². The van der Waals surface area contributed by atoms with Gasteiger partial charge in [-0.3, -0.25) is 0 Å². The Morgan fingerprint density at radius 2 is 1.87 bits per heavy atom. The summed E-state index contributed by atoms with van der Waals surface area (Å²) in [6, 6.07) is 0.923. The molecule has 0 saturated carbocycles. The summed E-state index contributed by atoms with van der Waals surface area (Å²) < 4.78 is 39.1. The van der Waals surface area contributed by atoms with Crippen molar-refractivity contribution in [1.29, 1.82) is 0 Å². The van der Waals surface area contributed by atoms with E-state index < -0.39 is 29.3 Å². The first-order valence-electron chi connectivity index (χ1n) is 3.79. The summed E-state index contributed by atoms with van der Waals surface area (Å²) >= 11 is 0. The molecule has 0 amide bonds. The third-order valence-electron chi connectivity index (χ3n) is 1.68. The smallest absolute Gasteiger partial charge is 0.505 e. The Morgan fingerprint density at radius 3 is 2.33 bits per heavy atom. The predicted octanol–water partition coefficient (Wildman–Crippen LogP) is 1.89. The number of ether oxygens (including phenoxy) is 1. The zero-order valence-electron chi connectivity index (χ0n) is 7.59. The molecule has 0 fully saturated rings. The van der Waals surface area contributed by atoms with Gasteiger partial charge in [0.1, 0.15) is 11.4 Å². The van der Waals surface area contributed by atoms with Crippen LogP contribution in [0.15, 0.2) is 6.07 Å². The van der Waals surface area contributed by atoms with Gasteiger partial charge in [0.25, 0.3) is 0 Å². The minimum Gasteiger partial charge on any atom is -0.505 e. The van der Waals surface area contributed by atoms with Gasteiger partial charge in [-0.25, -0.2) is 0 Å². The van der Waals surface area contributed by atoms with Crippen molar-refractivity contribution in [3.05, 3.63) is 11.6 Å². The van der Waals surface area contributed by atoms with Gasteiger partial charge in [-0.15, -0.1) is 13.2 Å². The third kappa shape index (κ3) is 2.36. The fourth-order valence-electron chi connectivity index (χ4n) is 1.02. The van der Waals surface area contributed by atoms with Gasteiger partial charge >= 0.3 is 6.36 Å². The highest BCUT2D eigenvalue weighted by molar-refractivity contribution is 5.70. The molecule has 4 N–H and O–H groups in total. The van der Waals surface area contributed by atoms with Crippen molar-refractivity contribution in [2.24, 2.45) is 0 Å². The molecule has 0 aliphatic heterocycles. The Hall–Kier alpha value is -1.79. The summed E-state index contributed by atoms with van der Waals surface area (Å²) in [6.07, 6.45) is -4.98. The number of halogens is 3. The van der Waals surface area contributed by atoms with E-state index in [2.05, 4.69) is 4.74 Å². The maximum atomic E-state index is 11.9. The summed E-state index contributed by atoms with van der Waals surface area (Å²) in [7, 11) is 0. The van der Waals surface area contributed by atoms with Crippen LogP contribution in [0.2, 0.25) is 0 Å². The van der Waals surface area contributed by atoms with Crippen LogP contribution >= 0.6 is 0 Å². The van der Waals surface area contributed by atoms with Crippen LogP contribution < -0.4 is 10.5 Å². The third-order valence-corrected chi connectivity index (χ3v) is 1.68. The minimum absolute atomic E-state index is 0.152. The Labute approximate surface area is 82.7 Å². The number of hydrogen-bond acceptors (Lipinski definition) is 4. The quantitative estimate of drug-likeness (QED) is 0.386. The Kier molecular flexibility index (Phi) is 2.57. The van der Waals surface area contributed by atoms with Crippen molar-refractivity contribution >= 4 is 5.69 Å². The van der Waals surface area contributed by atoms with Crippen LogP contribution in [0.3, 0.4) is 0 Å². The number of benzene rings is 1. The van der Waals surface area contributed by atoms with Gasteiger partial charge in [-0.1, -0.05) is 0 Å². The van der Waals surface area contributed by atoms with Crippen LogP contribution in [0, 0.1) is 6.92 Å². The van der Waals surface area contributed by atoms with Gasteiger partial charge in [-0.05, 0) is 18.6 Å². The SMILES string of the molecule is Cc1cc(O)c(OC(F)(F)F)c(N)c1O. The van der Waals surface area contributed by atoms with Gasteiger partial charge in [0, 0.05) is 0 Å². The second kappa shape index (κ2) is 3.41. The van der Waals surface area contributed by atoms with Gasteiger partial charge in [0.15, 0.2) is 11.5 Å². The first-order valence-corrected chi connectivity index (χ1v) is 3.79. The standard InChI is InChI=1S/C8H8F3NO3/c1-3-2-4(13)7(5(12)6(3)14)15-8(9,10)11/h2,13-14H,12H2,1H3. The monoisotopic (exact) mass is 223 g/mol. The maximum Gasteiger partial charge on any atom is 0.573 e. The summed E-state index contributed by atoms with van der Waals surface area (Å²) in [4.78, 5) is 0. The zero-order valence-corrected chi connectivity index (χ0v) is 7.59. The van der Waals surface area contributed by atoms with Crippen molar-refractivity contribution in [2.45, 2.75) is 13.3 Å². The minimum atomic E-state index is -4.98. The lowest BCUT2D eigenvalue weighted by atomic mass is 10.1. The zero-order chi connectivity index (χ0) is 11.8. The average molecular weight is 223 g/mol. The number of aryl methyl sites for hydroxylation is 1. The molecule has 0 unspecified atom stereocenters. The summed E-state index contributed by atoms with van der Waals surface area (Å²) in [6.45, 7) is 1.38. The first-order chi connectivity index (χ1) is 6.72. The van der Waals surface area contributed by atoms with E-state index >= 15 is 0 Å². The van der Waals surface area contributed by atoms with Crippen LogP contribution in [-0.2, 0) is 0 Å². The van der Waals surface area contributed by atoms with Crippen LogP contribution in [0.4, 0.5) is 18.9 Å². The lowest BCUT2D eigenvalue weighted by molar-refractivity contribution is -0.274.